The second-order valence-electron chi connectivity index (χ2n) is 11.4. The van der Waals surface area contributed by atoms with Crippen molar-refractivity contribution in [2.24, 2.45) is 9.98 Å². The predicted octanol–water partition coefficient (Wildman–Crippen LogP) is 5.85. The number of hydrogen-bond acceptors (Lipinski definition) is 12. The molecule has 6 aromatic rings. The molecule has 56 heavy (non-hydrogen) atoms. The molecule has 0 atom stereocenters. The number of pyridine rings is 2. The highest BCUT2D eigenvalue weighted by atomic mass is 127. The minimum atomic E-state index is -5.08. The lowest BCUT2D eigenvalue weighted by Crippen LogP contribution is -2.61. The molecule has 2 aliphatic heterocycles. The van der Waals surface area contributed by atoms with E-state index >= 15 is 0 Å². The molecule has 0 unspecified atom stereocenters. The maximum Gasteiger partial charge on any atom is 0.490 e. The number of nitrogens with one attached hydrogen (secondary N) is 6. The molecule has 16 nitrogen and oxygen atoms in total. The minimum absolute atomic E-state index is 0.452. The van der Waals surface area contributed by atoms with Crippen molar-refractivity contribution in [2.45, 2.75) is 23.7 Å². The van der Waals surface area contributed by atoms with E-state index in [0.29, 0.717) is 35.2 Å². The van der Waals surface area contributed by atoms with Crippen LogP contribution in [0.1, 0.15) is 11.4 Å². The standard InChI is InChI=1S/C28H20I2N12.2C2HF3O2/c29-15-7-9-17-19(13-15)35-23(33-17)37-25-39-27(21-5-1-3-11-31-21)28(41-25,22-6-2-4-12-32-22)42-26(40-27)38-24-34-18-10-8-16(30)14-20(18)36-24;2*3-2(4,5)1(6)7/h1-14H,(H3,33,35,37,39,41)(H3,34,36,38,40,42);2*(H,6,7). The van der Waals surface area contributed by atoms with Gasteiger partial charge in [0.1, 0.15) is 0 Å². The second kappa shape index (κ2) is 15.4. The van der Waals surface area contributed by atoms with Crippen molar-refractivity contribution in [3.63, 3.8) is 0 Å². The molecule has 0 bridgehead atoms. The molecule has 0 saturated heterocycles. The number of carboxylic acids is 2. The Morgan fingerprint density at radius 1 is 0.643 bits per heavy atom. The van der Waals surface area contributed by atoms with Crippen molar-refractivity contribution in [1.29, 1.82) is 0 Å². The van der Waals surface area contributed by atoms with Crippen LogP contribution in [0.25, 0.3) is 22.1 Å². The Bertz CT molecular complexity index is 2350. The van der Waals surface area contributed by atoms with Crippen LogP contribution in [-0.2, 0) is 20.9 Å². The summed E-state index contributed by atoms with van der Waals surface area (Å²) < 4.78 is 65.7. The zero-order valence-electron chi connectivity index (χ0n) is 27.5. The Balaban J connectivity index is 0.000000326. The van der Waals surface area contributed by atoms with E-state index in [1.165, 1.54) is 0 Å². The van der Waals surface area contributed by atoms with Gasteiger partial charge in [-0.05, 0) is 106 Å². The van der Waals surface area contributed by atoms with Crippen LogP contribution in [0.15, 0.2) is 95.2 Å². The van der Waals surface area contributed by atoms with Gasteiger partial charge in [0.2, 0.25) is 35.1 Å². The number of alkyl halides is 6. The van der Waals surface area contributed by atoms with Crippen LogP contribution in [0, 0.1) is 7.14 Å². The topological polar surface area (TPSA) is 231 Å². The first kappa shape index (κ1) is 39.9. The average Bonchev–Trinajstić information content (AvgIpc) is 3.87. The molecule has 0 saturated carbocycles. The fourth-order valence-corrected chi connectivity index (χ4v) is 6.31. The number of anilines is 2. The van der Waals surface area contributed by atoms with Crippen molar-refractivity contribution >= 4 is 103 Å². The second-order valence-corrected chi connectivity index (χ2v) is 13.9. The number of imidazole rings is 2. The quantitative estimate of drug-likeness (QED) is 0.0768. The van der Waals surface area contributed by atoms with Crippen molar-refractivity contribution < 1.29 is 46.1 Å². The van der Waals surface area contributed by atoms with Gasteiger partial charge in [-0.15, -0.1) is 0 Å². The van der Waals surface area contributed by atoms with E-state index in [9.17, 15) is 26.3 Å². The van der Waals surface area contributed by atoms with Crippen LogP contribution in [0.2, 0.25) is 0 Å². The van der Waals surface area contributed by atoms with Gasteiger partial charge in [0.25, 0.3) is 0 Å². The molecule has 290 valence electrons. The maximum atomic E-state index is 10.6. The summed E-state index contributed by atoms with van der Waals surface area (Å²) in [7, 11) is 0. The Labute approximate surface area is 336 Å². The van der Waals surface area contributed by atoms with Gasteiger partial charge < -0.3 is 30.8 Å². The number of hydrogen-bond donors (Lipinski definition) is 8. The maximum absolute atomic E-state index is 10.6. The van der Waals surface area contributed by atoms with E-state index in [-0.39, 0.29) is 0 Å². The third-order valence-electron chi connectivity index (χ3n) is 7.60. The highest BCUT2D eigenvalue weighted by Gasteiger charge is 2.65. The summed E-state index contributed by atoms with van der Waals surface area (Å²) in [6.07, 6.45) is -6.69. The van der Waals surface area contributed by atoms with Crippen LogP contribution < -0.4 is 21.3 Å². The van der Waals surface area contributed by atoms with E-state index in [2.05, 4.69) is 76.4 Å². The molecule has 6 heterocycles. The SMILES string of the molecule is Ic1ccc2nc(NC3=NC4(c5ccccn5)N=C(Nc5nc6ccc(I)cc6[nH]5)NC4(c4ccccn4)N3)[nH]c2c1.O=C(O)C(F)(F)F.O=C(O)C(F)(F)F. The van der Waals surface area contributed by atoms with Crippen molar-refractivity contribution in [1.82, 2.24) is 40.5 Å². The molecule has 8 N–H and O–H groups in total. The van der Waals surface area contributed by atoms with Gasteiger partial charge in [0.15, 0.2) is 0 Å². The molecular weight excluding hydrogens is 984 g/mol. The van der Waals surface area contributed by atoms with Crippen LogP contribution in [0.5, 0.6) is 0 Å². The van der Waals surface area contributed by atoms with Gasteiger partial charge >= 0.3 is 24.3 Å². The van der Waals surface area contributed by atoms with Crippen LogP contribution in [0.4, 0.5) is 38.2 Å². The normalized spacial score (nSPS) is 18.6. The minimum Gasteiger partial charge on any atom is -0.475 e. The number of H-pyrrole nitrogens is 2. The summed E-state index contributed by atoms with van der Waals surface area (Å²) in [4.78, 5) is 53.6. The number of carbonyl (C=O) groups is 2. The number of carboxylic acid groups (broad SMARTS) is 2. The van der Waals surface area contributed by atoms with Gasteiger partial charge in [-0.1, -0.05) is 12.1 Å². The number of guanidine groups is 2. The molecule has 0 aliphatic carbocycles. The Morgan fingerprint density at radius 3 is 1.43 bits per heavy atom. The highest BCUT2D eigenvalue weighted by Crippen LogP contribution is 2.48. The van der Waals surface area contributed by atoms with Crippen LogP contribution in [-0.4, -0.2) is 76.3 Å². The fraction of sp³-hybridized carbons (Fsp3) is 0.125. The Kier molecular flexibility index (Phi) is 11.0. The average molecular weight is 1010 g/mol. The Morgan fingerprint density at radius 2 is 1.05 bits per heavy atom. The number of aliphatic carboxylic acids is 2. The molecule has 4 aromatic heterocycles. The number of aliphatic imine (C=N–C) groups is 2. The molecule has 0 spiro atoms. The van der Waals surface area contributed by atoms with Crippen molar-refractivity contribution in [2.75, 3.05) is 10.6 Å². The van der Waals surface area contributed by atoms with E-state index in [1.54, 1.807) is 12.4 Å². The molecular formula is C32H22F6I2N12O4. The van der Waals surface area contributed by atoms with E-state index in [0.717, 1.165) is 29.2 Å². The Hall–Kier alpha value is -5.80. The van der Waals surface area contributed by atoms with Crippen LogP contribution in [0.3, 0.4) is 0 Å². The third-order valence-corrected chi connectivity index (χ3v) is 8.94. The number of nitrogens with zero attached hydrogens (tertiary/aromatic N) is 6. The lowest BCUT2D eigenvalue weighted by atomic mass is 9.88. The summed E-state index contributed by atoms with van der Waals surface area (Å²) in [5, 5.41) is 28.0. The fourth-order valence-electron chi connectivity index (χ4n) is 5.32. The van der Waals surface area contributed by atoms with Gasteiger partial charge in [0, 0.05) is 19.5 Å². The third kappa shape index (κ3) is 8.38. The molecule has 0 radical (unpaired) electrons. The zero-order valence-corrected chi connectivity index (χ0v) is 31.8. The van der Waals surface area contributed by atoms with Crippen molar-refractivity contribution in [3.8, 4) is 0 Å². The first-order chi connectivity index (χ1) is 26.4. The summed E-state index contributed by atoms with van der Waals surface area (Å²) in [5.74, 6) is -3.52. The van der Waals surface area contributed by atoms with Crippen molar-refractivity contribution in [3.05, 3.63) is 104 Å². The van der Waals surface area contributed by atoms with Gasteiger partial charge in [0.05, 0.1) is 33.5 Å². The number of fused-ring (bicyclic) bond motifs is 3. The van der Waals surface area contributed by atoms with Gasteiger partial charge in [-0.25, -0.2) is 29.5 Å². The smallest absolute Gasteiger partial charge is 0.475 e. The lowest BCUT2D eigenvalue weighted by molar-refractivity contribution is -0.193. The van der Waals surface area contributed by atoms with Crippen LogP contribution >= 0.6 is 45.2 Å². The predicted molar refractivity (Wildman–Crippen MR) is 205 cm³/mol. The molecule has 8 rings (SSSR count). The number of halogens is 8. The first-order valence-electron chi connectivity index (χ1n) is 15.4. The number of benzene rings is 2. The summed E-state index contributed by atoms with van der Waals surface area (Å²) in [5.41, 5.74) is 2.44. The summed E-state index contributed by atoms with van der Waals surface area (Å²) in [6.45, 7) is 0. The van der Waals surface area contributed by atoms with Gasteiger partial charge in [-0.3, -0.25) is 20.6 Å². The number of aromatic amines is 2. The van der Waals surface area contributed by atoms with E-state index in [4.69, 9.17) is 49.7 Å². The molecule has 24 heteroatoms. The lowest BCUT2D eigenvalue weighted by Gasteiger charge is -2.35. The first-order valence-corrected chi connectivity index (χ1v) is 17.6. The molecule has 0 fully saturated rings. The van der Waals surface area contributed by atoms with Gasteiger partial charge in [-0.2, -0.15) is 26.3 Å². The molecule has 2 aliphatic rings. The van der Waals surface area contributed by atoms with E-state index < -0.39 is 35.6 Å². The summed E-state index contributed by atoms with van der Waals surface area (Å²) >= 11 is 4.56. The molecule has 0 amide bonds. The zero-order chi connectivity index (χ0) is 40.5. The largest absolute Gasteiger partial charge is 0.490 e. The number of aromatic nitrogens is 6. The summed E-state index contributed by atoms with van der Waals surface area (Å²) in [6, 6.07) is 23.5. The van der Waals surface area contributed by atoms with E-state index in [1.807, 2.05) is 72.8 Å². The molecule has 2 aromatic carbocycles. The highest BCUT2D eigenvalue weighted by molar-refractivity contribution is 14.1. The monoisotopic (exact) mass is 1010 g/mol. The number of rotatable bonds is 4.